The second-order valence-corrected chi connectivity index (χ2v) is 7.54. The van der Waals surface area contributed by atoms with Gasteiger partial charge >= 0.3 is 6.03 Å². The Bertz CT molecular complexity index is 739. The van der Waals surface area contributed by atoms with Crippen molar-refractivity contribution in [1.29, 1.82) is 0 Å². The number of oxazole rings is 1. The van der Waals surface area contributed by atoms with Crippen LogP contribution in [0.3, 0.4) is 0 Å². The molecule has 0 radical (unpaired) electrons. The van der Waals surface area contributed by atoms with Gasteiger partial charge in [-0.3, -0.25) is 0 Å². The Hall–Kier alpha value is -2.30. The Labute approximate surface area is 142 Å². The summed E-state index contributed by atoms with van der Waals surface area (Å²) in [6, 6.07) is 9.57. The number of amides is 2. The standard InChI is InChI=1S/C19H23N3O2/c1-12(17-20-9-16(24-17)13-7-5-4-6-8-13)21-18(23)22-10-14-15(11-22)19(14,2)3/h4-9,12,14-15H,10-11H2,1-3H3,(H,21,23)/t12-,14+,15+/m0/s1. The molecule has 0 spiro atoms. The summed E-state index contributed by atoms with van der Waals surface area (Å²) in [7, 11) is 0. The number of urea groups is 1. The molecule has 126 valence electrons. The lowest BCUT2D eigenvalue weighted by molar-refractivity contribution is 0.191. The number of benzene rings is 1. The van der Waals surface area contributed by atoms with Crippen LogP contribution in [-0.2, 0) is 0 Å². The third-order valence-corrected chi connectivity index (χ3v) is 5.70. The van der Waals surface area contributed by atoms with Crippen LogP contribution < -0.4 is 5.32 Å². The van der Waals surface area contributed by atoms with E-state index < -0.39 is 0 Å². The van der Waals surface area contributed by atoms with E-state index in [1.165, 1.54) is 0 Å². The topological polar surface area (TPSA) is 58.4 Å². The number of hydrogen-bond acceptors (Lipinski definition) is 3. The summed E-state index contributed by atoms with van der Waals surface area (Å²) >= 11 is 0. The van der Waals surface area contributed by atoms with Crippen molar-refractivity contribution in [1.82, 2.24) is 15.2 Å². The number of aromatic nitrogens is 1. The van der Waals surface area contributed by atoms with Crippen molar-refractivity contribution in [3.8, 4) is 11.3 Å². The van der Waals surface area contributed by atoms with Gasteiger partial charge in [0, 0.05) is 18.7 Å². The van der Waals surface area contributed by atoms with Crippen LogP contribution >= 0.6 is 0 Å². The van der Waals surface area contributed by atoms with E-state index in [-0.39, 0.29) is 12.1 Å². The van der Waals surface area contributed by atoms with Crippen LogP contribution in [0.1, 0.15) is 32.7 Å². The molecular weight excluding hydrogens is 302 g/mol. The van der Waals surface area contributed by atoms with Crippen molar-refractivity contribution in [3.05, 3.63) is 42.4 Å². The van der Waals surface area contributed by atoms with Gasteiger partial charge in [-0.15, -0.1) is 0 Å². The molecule has 1 aliphatic carbocycles. The highest BCUT2D eigenvalue weighted by atomic mass is 16.4. The molecule has 0 unspecified atom stereocenters. The zero-order chi connectivity index (χ0) is 16.9. The van der Waals surface area contributed by atoms with Crippen LogP contribution in [0.5, 0.6) is 0 Å². The summed E-state index contributed by atoms with van der Waals surface area (Å²) in [4.78, 5) is 18.7. The Balaban J connectivity index is 1.38. The molecule has 2 aromatic rings. The van der Waals surface area contributed by atoms with Crippen LogP contribution in [0.4, 0.5) is 4.79 Å². The average Bonchev–Trinajstić information content (AvgIpc) is 3.07. The van der Waals surface area contributed by atoms with E-state index in [2.05, 4.69) is 24.1 Å². The smallest absolute Gasteiger partial charge is 0.318 e. The molecule has 1 saturated heterocycles. The van der Waals surface area contributed by atoms with Gasteiger partial charge in [-0.1, -0.05) is 44.2 Å². The number of nitrogens with one attached hydrogen (secondary N) is 1. The Morgan fingerprint density at radius 2 is 1.96 bits per heavy atom. The molecule has 5 nitrogen and oxygen atoms in total. The molecule has 0 bridgehead atoms. The molecular formula is C19H23N3O2. The second kappa shape index (κ2) is 5.36. The Kier molecular flexibility index (Phi) is 3.41. The van der Waals surface area contributed by atoms with Crippen LogP contribution in [0.25, 0.3) is 11.3 Å². The second-order valence-electron chi connectivity index (χ2n) is 7.54. The minimum Gasteiger partial charge on any atom is -0.438 e. The van der Waals surface area contributed by atoms with Gasteiger partial charge in [0.15, 0.2) is 5.76 Å². The van der Waals surface area contributed by atoms with E-state index in [1.807, 2.05) is 42.2 Å². The predicted octanol–water partition coefficient (Wildman–Crippen LogP) is 3.70. The number of likely N-dealkylation sites (tertiary alicyclic amines) is 1. The Morgan fingerprint density at radius 1 is 1.29 bits per heavy atom. The highest BCUT2D eigenvalue weighted by molar-refractivity contribution is 5.75. The number of rotatable bonds is 3. The highest BCUT2D eigenvalue weighted by Gasteiger charge is 2.62. The Morgan fingerprint density at radius 3 is 2.62 bits per heavy atom. The van der Waals surface area contributed by atoms with Crippen molar-refractivity contribution in [3.63, 3.8) is 0 Å². The quantitative estimate of drug-likeness (QED) is 0.936. The first-order valence-corrected chi connectivity index (χ1v) is 8.53. The average molecular weight is 325 g/mol. The predicted molar refractivity (Wildman–Crippen MR) is 91.2 cm³/mol. The van der Waals surface area contributed by atoms with Gasteiger partial charge in [-0.25, -0.2) is 9.78 Å². The fourth-order valence-corrected chi connectivity index (χ4v) is 3.86. The molecule has 1 saturated carbocycles. The molecule has 4 rings (SSSR count). The van der Waals surface area contributed by atoms with Gasteiger partial charge in [-0.05, 0) is 24.2 Å². The molecule has 1 aromatic heterocycles. The summed E-state index contributed by atoms with van der Waals surface area (Å²) in [5, 5.41) is 3.00. The van der Waals surface area contributed by atoms with Crippen molar-refractivity contribution in [2.75, 3.05) is 13.1 Å². The first kappa shape index (κ1) is 15.2. The molecule has 1 aliphatic heterocycles. The summed E-state index contributed by atoms with van der Waals surface area (Å²) in [6.45, 7) is 8.20. The largest absolute Gasteiger partial charge is 0.438 e. The molecule has 1 aromatic carbocycles. The van der Waals surface area contributed by atoms with Crippen molar-refractivity contribution in [2.45, 2.75) is 26.8 Å². The van der Waals surface area contributed by atoms with Crippen molar-refractivity contribution >= 4 is 6.03 Å². The van der Waals surface area contributed by atoms with Crippen molar-refractivity contribution in [2.24, 2.45) is 17.3 Å². The number of carbonyl (C=O) groups excluding carboxylic acids is 1. The number of carbonyl (C=O) groups is 1. The van der Waals surface area contributed by atoms with Crippen LogP contribution in [-0.4, -0.2) is 29.0 Å². The summed E-state index contributed by atoms with van der Waals surface area (Å²) in [6.07, 6.45) is 1.71. The molecule has 3 atom stereocenters. The molecule has 24 heavy (non-hydrogen) atoms. The van der Waals surface area contributed by atoms with Crippen LogP contribution in [0.15, 0.2) is 40.9 Å². The lowest BCUT2D eigenvalue weighted by Gasteiger charge is -2.23. The summed E-state index contributed by atoms with van der Waals surface area (Å²) in [5.41, 5.74) is 1.40. The maximum atomic E-state index is 12.4. The molecule has 2 aliphatic rings. The van der Waals surface area contributed by atoms with E-state index >= 15 is 0 Å². The molecule has 1 N–H and O–H groups in total. The summed E-state index contributed by atoms with van der Waals surface area (Å²) in [5.74, 6) is 2.57. The number of nitrogens with zero attached hydrogens (tertiary/aromatic N) is 2. The highest BCUT2D eigenvalue weighted by Crippen LogP contribution is 2.61. The minimum absolute atomic E-state index is 0.0232. The first-order valence-electron chi connectivity index (χ1n) is 8.53. The molecule has 2 heterocycles. The normalized spacial score (nSPS) is 25.2. The van der Waals surface area contributed by atoms with Gasteiger partial charge < -0.3 is 14.6 Å². The number of hydrogen-bond donors (Lipinski definition) is 1. The van der Waals surface area contributed by atoms with Gasteiger partial charge in [-0.2, -0.15) is 0 Å². The van der Waals surface area contributed by atoms with E-state index in [1.54, 1.807) is 6.20 Å². The van der Waals surface area contributed by atoms with Gasteiger partial charge in [0.05, 0.1) is 6.20 Å². The lowest BCUT2D eigenvalue weighted by atomic mass is 10.1. The first-order chi connectivity index (χ1) is 11.5. The maximum Gasteiger partial charge on any atom is 0.318 e. The zero-order valence-corrected chi connectivity index (χ0v) is 14.3. The SMILES string of the molecule is C[C@H](NC(=O)N1C[C@@H]2[C@@H](C1)C2(C)C)c1ncc(-c2ccccc2)o1. The molecule has 5 heteroatoms. The fraction of sp³-hybridized carbons (Fsp3) is 0.474. The lowest BCUT2D eigenvalue weighted by Crippen LogP contribution is -2.41. The third kappa shape index (κ3) is 2.48. The molecule has 2 amide bonds. The minimum atomic E-state index is -0.250. The van der Waals surface area contributed by atoms with Gasteiger partial charge in [0.2, 0.25) is 5.89 Å². The van der Waals surface area contributed by atoms with Crippen LogP contribution in [0.2, 0.25) is 0 Å². The third-order valence-electron chi connectivity index (χ3n) is 5.70. The fourth-order valence-electron chi connectivity index (χ4n) is 3.86. The van der Waals surface area contributed by atoms with E-state index in [0.29, 0.717) is 23.1 Å². The van der Waals surface area contributed by atoms with Gasteiger partial charge in [0.1, 0.15) is 6.04 Å². The van der Waals surface area contributed by atoms with Gasteiger partial charge in [0.25, 0.3) is 0 Å². The zero-order valence-electron chi connectivity index (χ0n) is 14.3. The number of piperidine rings is 1. The van der Waals surface area contributed by atoms with E-state index in [9.17, 15) is 4.79 Å². The van der Waals surface area contributed by atoms with E-state index in [0.717, 1.165) is 24.4 Å². The van der Waals surface area contributed by atoms with E-state index in [4.69, 9.17) is 4.42 Å². The van der Waals surface area contributed by atoms with Crippen molar-refractivity contribution < 1.29 is 9.21 Å². The maximum absolute atomic E-state index is 12.4. The molecule has 2 fully saturated rings. The number of fused-ring (bicyclic) bond motifs is 1. The monoisotopic (exact) mass is 325 g/mol. The summed E-state index contributed by atoms with van der Waals surface area (Å²) < 4.78 is 5.81. The van der Waals surface area contributed by atoms with Crippen LogP contribution in [0, 0.1) is 17.3 Å².